The van der Waals surface area contributed by atoms with Gasteiger partial charge in [-0.05, 0) is 37.8 Å². The SMILES string of the molecule is Cc1ccc(C)c(COC2CCN(C(=O)O)CC2)c1. The highest BCUT2D eigenvalue weighted by Crippen LogP contribution is 2.18. The third-order valence-electron chi connectivity index (χ3n) is 3.69. The summed E-state index contributed by atoms with van der Waals surface area (Å²) in [5.74, 6) is 0. The van der Waals surface area contributed by atoms with E-state index in [0.29, 0.717) is 19.7 Å². The fourth-order valence-electron chi connectivity index (χ4n) is 2.38. The van der Waals surface area contributed by atoms with Gasteiger partial charge >= 0.3 is 6.09 Å². The summed E-state index contributed by atoms with van der Waals surface area (Å²) in [6.07, 6.45) is 0.928. The zero-order valence-corrected chi connectivity index (χ0v) is 11.6. The monoisotopic (exact) mass is 263 g/mol. The molecule has 2 rings (SSSR count). The van der Waals surface area contributed by atoms with E-state index in [1.807, 2.05) is 0 Å². The smallest absolute Gasteiger partial charge is 0.407 e. The fraction of sp³-hybridized carbons (Fsp3) is 0.533. The lowest BCUT2D eigenvalue weighted by Gasteiger charge is -2.30. The minimum absolute atomic E-state index is 0.176. The van der Waals surface area contributed by atoms with E-state index < -0.39 is 6.09 Å². The molecule has 104 valence electrons. The first-order chi connectivity index (χ1) is 9.06. The van der Waals surface area contributed by atoms with E-state index in [1.54, 1.807) is 0 Å². The van der Waals surface area contributed by atoms with Crippen LogP contribution in [-0.4, -0.2) is 35.3 Å². The number of amides is 1. The van der Waals surface area contributed by atoms with Crippen LogP contribution in [0.2, 0.25) is 0 Å². The van der Waals surface area contributed by atoms with Crippen LogP contribution in [0, 0.1) is 13.8 Å². The van der Waals surface area contributed by atoms with Crippen molar-refractivity contribution in [2.24, 2.45) is 0 Å². The molecule has 4 nitrogen and oxygen atoms in total. The fourth-order valence-corrected chi connectivity index (χ4v) is 2.38. The maximum absolute atomic E-state index is 10.8. The Labute approximate surface area is 114 Å². The van der Waals surface area contributed by atoms with Gasteiger partial charge in [0.15, 0.2) is 0 Å². The van der Waals surface area contributed by atoms with Gasteiger partial charge in [-0.3, -0.25) is 0 Å². The number of ether oxygens (including phenoxy) is 1. The second-order valence-electron chi connectivity index (χ2n) is 5.21. The molecule has 1 aliphatic heterocycles. The van der Waals surface area contributed by atoms with Crippen LogP contribution in [0.1, 0.15) is 29.5 Å². The number of hydrogen-bond acceptors (Lipinski definition) is 2. The molecule has 0 atom stereocenters. The molecule has 19 heavy (non-hydrogen) atoms. The maximum Gasteiger partial charge on any atom is 0.407 e. The number of carbonyl (C=O) groups is 1. The minimum Gasteiger partial charge on any atom is -0.465 e. The number of benzene rings is 1. The van der Waals surface area contributed by atoms with Crippen molar-refractivity contribution >= 4 is 6.09 Å². The van der Waals surface area contributed by atoms with Crippen molar-refractivity contribution in [3.05, 3.63) is 34.9 Å². The summed E-state index contributed by atoms with van der Waals surface area (Å²) in [6, 6.07) is 6.37. The van der Waals surface area contributed by atoms with Crippen LogP contribution < -0.4 is 0 Å². The normalized spacial score (nSPS) is 16.6. The predicted octanol–water partition coefficient (Wildman–Crippen LogP) is 2.96. The van der Waals surface area contributed by atoms with Crippen LogP contribution in [0.5, 0.6) is 0 Å². The van der Waals surface area contributed by atoms with Gasteiger partial charge in [0.05, 0.1) is 12.7 Å². The quantitative estimate of drug-likeness (QED) is 0.912. The Kier molecular flexibility index (Phi) is 4.43. The lowest BCUT2D eigenvalue weighted by atomic mass is 10.1. The molecular formula is C15H21NO3. The third kappa shape index (κ3) is 3.70. The molecule has 1 amide bonds. The molecule has 0 saturated carbocycles. The summed E-state index contributed by atoms with van der Waals surface area (Å²) < 4.78 is 5.91. The van der Waals surface area contributed by atoms with Crippen molar-refractivity contribution in [1.82, 2.24) is 4.90 Å². The van der Waals surface area contributed by atoms with Crippen molar-refractivity contribution in [3.8, 4) is 0 Å². The average molecular weight is 263 g/mol. The molecule has 0 aromatic heterocycles. The van der Waals surface area contributed by atoms with Gasteiger partial charge in [0.25, 0.3) is 0 Å². The summed E-state index contributed by atoms with van der Waals surface area (Å²) in [5, 5.41) is 8.88. The highest BCUT2D eigenvalue weighted by atomic mass is 16.5. The zero-order valence-electron chi connectivity index (χ0n) is 11.6. The number of rotatable bonds is 3. The summed E-state index contributed by atoms with van der Waals surface area (Å²) in [4.78, 5) is 12.3. The van der Waals surface area contributed by atoms with E-state index in [-0.39, 0.29) is 6.10 Å². The molecule has 0 bridgehead atoms. The average Bonchev–Trinajstić information content (AvgIpc) is 2.40. The molecule has 0 radical (unpaired) electrons. The van der Waals surface area contributed by atoms with Crippen molar-refractivity contribution < 1.29 is 14.6 Å². The topological polar surface area (TPSA) is 49.8 Å². The number of carboxylic acid groups (broad SMARTS) is 1. The molecule has 1 fully saturated rings. The van der Waals surface area contributed by atoms with Crippen LogP contribution >= 0.6 is 0 Å². The van der Waals surface area contributed by atoms with E-state index >= 15 is 0 Å². The van der Waals surface area contributed by atoms with Gasteiger partial charge in [0, 0.05) is 13.1 Å². The first kappa shape index (κ1) is 13.9. The summed E-state index contributed by atoms with van der Waals surface area (Å²) >= 11 is 0. The molecule has 1 heterocycles. The van der Waals surface area contributed by atoms with Crippen molar-refractivity contribution in [3.63, 3.8) is 0 Å². The van der Waals surface area contributed by atoms with Gasteiger partial charge in [0.2, 0.25) is 0 Å². The first-order valence-electron chi connectivity index (χ1n) is 6.72. The number of nitrogens with zero attached hydrogens (tertiary/aromatic N) is 1. The van der Waals surface area contributed by atoms with E-state index in [2.05, 4.69) is 32.0 Å². The van der Waals surface area contributed by atoms with Crippen LogP contribution in [0.4, 0.5) is 4.79 Å². The largest absolute Gasteiger partial charge is 0.465 e. The molecule has 1 aromatic carbocycles. The Morgan fingerprint density at radius 3 is 2.68 bits per heavy atom. The van der Waals surface area contributed by atoms with Gasteiger partial charge < -0.3 is 14.7 Å². The summed E-state index contributed by atoms with van der Waals surface area (Å²) in [7, 11) is 0. The zero-order chi connectivity index (χ0) is 13.8. The van der Waals surface area contributed by atoms with Crippen molar-refractivity contribution in [2.75, 3.05) is 13.1 Å². The number of hydrogen-bond donors (Lipinski definition) is 1. The Morgan fingerprint density at radius 2 is 2.05 bits per heavy atom. The van der Waals surface area contributed by atoms with Gasteiger partial charge in [-0.15, -0.1) is 0 Å². The minimum atomic E-state index is -0.826. The van der Waals surface area contributed by atoms with Crippen molar-refractivity contribution in [1.29, 1.82) is 0 Å². The Morgan fingerprint density at radius 1 is 1.37 bits per heavy atom. The predicted molar refractivity (Wildman–Crippen MR) is 73.3 cm³/mol. The summed E-state index contributed by atoms with van der Waals surface area (Å²) in [5.41, 5.74) is 3.71. The Balaban J connectivity index is 1.83. The van der Waals surface area contributed by atoms with E-state index in [0.717, 1.165) is 12.8 Å². The van der Waals surface area contributed by atoms with E-state index in [4.69, 9.17) is 9.84 Å². The molecule has 1 saturated heterocycles. The van der Waals surface area contributed by atoms with Crippen LogP contribution in [0.3, 0.4) is 0 Å². The van der Waals surface area contributed by atoms with Gasteiger partial charge in [0.1, 0.15) is 0 Å². The van der Waals surface area contributed by atoms with Crippen molar-refractivity contribution in [2.45, 2.75) is 39.4 Å². The molecule has 1 N–H and O–H groups in total. The highest BCUT2D eigenvalue weighted by Gasteiger charge is 2.22. The highest BCUT2D eigenvalue weighted by molar-refractivity contribution is 5.64. The lowest BCUT2D eigenvalue weighted by molar-refractivity contribution is 0.000181. The Bertz CT molecular complexity index is 451. The standard InChI is InChI=1S/C15H21NO3/c1-11-3-4-12(2)13(9-11)10-19-14-5-7-16(8-6-14)15(17)18/h3-4,9,14H,5-8,10H2,1-2H3,(H,17,18). The lowest BCUT2D eigenvalue weighted by Crippen LogP contribution is -2.40. The number of piperidine rings is 1. The summed E-state index contributed by atoms with van der Waals surface area (Å²) in [6.45, 7) is 5.93. The third-order valence-corrected chi connectivity index (χ3v) is 3.69. The van der Waals surface area contributed by atoms with E-state index in [9.17, 15) is 4.79 Å². The number of aryl methyl sites for hydroxylation is 2. The molecule has 1 aliphatic rings. The molecule has 1 aromatic rings. The van der Waals surface area contributed by atoms with E-state index in [1.165, 1.54) is 21.6 Å². The second-order valence-corrected chi connectivity index (χ2v) is 5.21. The second kappa shape index (κ2) is 6.06. The van der Waals surface area contributed by atoms with Crippen LogP contribution in [0.25, 0.3) is 0 Å². The molecule has 4 heteroatoms. The molecule has 0 spiro atoms. The molecule has 0 aliphatic carbocycles. The van der Waals surface area contributed by atoms with Gasteiger partial charge in [-0.25, -0.2) is 4.79 Å². The van der Waals surface area contributed by atoms with Gasteiger partial charge in [-0.1, -0.05) is 23.8 Å². The maximum atomic E-state index is 10.8. The van der Waals surface area contributed by atoms with Crippen LogP contribution in [-0.2, 0) is 11.3 Å². The van der Waals surface area contributed by atoms with Gasteiger partial charge in [-0.2, -0.15) is 0 Å². The number of likely N-dealkylation sites (tertiary alicyclic amines) is 1. The first-order valence-corrected chi connectivity index (χ1v) is 6.72. The van der Waals surface area contributed by atoms with Crippen LogP contribution in [0.15, 0.2) is 18.2 Å². The Hall–Kier alpha value is -1.55. The molecular weight excluding hydrogens is 242 g/mol. The molecule has 0 unspecified atom stereocenters.